The Balaban J connectivity index is 1.85. The first-order valence-electron chi connectivity index (χ1n) is 7.97. The molecule has 2 aromatic heterocycles. The molecule has 0 aromatic carbocycles. The monoisotopic (exact) mass is 389 g/mol. The minimum atomic E-state index is -4.52. The summed E-state index contributed by atoms with van der Waals surface area (Å²) in [6.45, 7) is -0.149. The number of pyridine rings is 2. The van der Waals surface area contributed by atoms with Gasteiger partial charge in [0.25, 0.3) is 5.91 Å². The maximum absolute atomic E-state index is 12.6. The minimum absolute atomic E-state index is 0.00877. The number of hydrogen-bond donors (Lipinski definition) is 2. The molecule has 0 spiro atoms. The first kappa shape index (κ1) is 19.1. The standard InChI is InChI=1S/C18H14F3N5O2/c19-18(20,21)14-5-4-11(9-24-14)10-28-17-15(16(22)27)12(6-8-23-17)13-3-1-2-7-25-26-13/h1-9,25H,10H2,(H2,22,27). The van der Waals surface area contributed by atoms with Crippen molar-refractivity contribution in [1.29, 1.82) is 0 Å². The Labute approximate surface area is 157 Å². The van der Waals surface area contributed by atoms with Gasteiger partial charge in [0.05, 0.1) is 5.71 Å². The third kappa shape index (κ3) is 4.34. The van der Waals surface area contributed by atoms with Crippen LogP contribution >= 0.6 is 0 Å². The number of nitrogens with zero attached hydrogens (tertiary/aromatic N) is 3. The lowest BCUT2D eigenvalue weighted by atomic mass is 10.0. The molecule has 10 heteroatoms. The van der Waals surface area contributed by atoms with Crippen LogP contribution in [0, 0.1) is 0 Å². The van der Waals surface area contributed by atoms with Crippen LogP contribution in [0.1, 0.15) is 27.2 Å². The van der Waals surface area contributed by atoms with Crippen molar-refractivity contribution in [2.24, 2.45) is 10.8 Å². The number of carbonyl (C=O) groups excluding carboxylic acids is 1. The SMILES string of the molecule is NC(=O)c1c(C2=NNC=CC=C2)ccnc1OCc1ccc(C(F)(F)F)nc1. The Morgan fingerprint density at radius 2 is 2.00 bits per heavy atom. The van der Waals surface area contributed by atoms with Gasteiger partial charge in [0.2, 0.25) is 5.88 Å². The quantitative estimate of drug-likeness (QED) is 0.818. The smallest absolute Gasteiger partial charge is 0.433 e. The van der Waals surface area contributed by atoms with E-state index in [1.54, 1.807) is 30.5 Å². The Kier molecular flexibility index (Phi) is 5.39. The van der Waals surface area contributed by atoms with Gasteiger partial charge < -0.3 is 10.5 Å². The van der Waals surface area contributed by atoms with E-state index in [4.69, 9.17) is 10.5 Å². The van der Waals surface area contributed by atoms with E-state index >= 15 is 0 Å². The fourth-order valence-electron chi connectivity index (χ4n) is 2.37. The van der Waals surface area contributed by atoms with Crippen molar-refractivity contribution in [1.82, 2.24) is 15.4 Å². The molecule has 0 bridgehead atoms. The van der Waals surface area contributed by atoms with E-state index in [0.29, 0.717) is 16.8 Å². The fourth-order valence-corrected chi connectivity index (χ4v) is 2.37. The van der Waals surface area contributed by atoms with Crippen molar-refractivity contribution in [3.05, 3.63) is 77.4 Å². The number of halogens is 3. The molecule has 144 valence electrons. The zero-order valence-electron chi connectivity index (χ0n) is 14.3. The number of ether oxygens (including phenoxy) is 1. The second-order valence-electron chi connectivity index (χ2n) is 5.59. The molecule has 0 fully saturated rings. The van der Waals surface area contributed by atoms with E-state index in [-0.39, 0.29) is 18.1 Å². The van der Waals surface area contributed by atoms with Gasteiger partial charge in [-0.05, 0) is 24.3 Å². The predicted octanol–water partition coefficient (Wildman–Crippen LogP) is 2.55. The van der Waals surface area contributed by atoms with Crippen LogP contribution in [0.15, 0.2) is 60.1 Å². The molecular formula is C18H14F3N5O2. The molecule has 2 aromatic rings. The van der Waals surface area contributed by atoms with Gasteiger partial charge in [0, 0.05) is 29.7 Å². The summed E-state index contributed by atoms with van der Waals surface area (Å²) in [4.78, 5) is 19.4. The van der Waals surface area contributed by atoms with Gasteiger partial charge in [-0.3, -0.25) is 15.2 Å². The zero-order chi connectivity index (χ0) is 20.1. The molecule has 0 radical (unpaired) electrons. The van der Waals surface area contributed by atoms with Crippen LogP contribution in [-0.4, -0.2) is 21.6 Å². The van der Waals surface area contributed by atoms with Crippen LogP contribution in [0.3, 0.4) is 0 Å². The number of alkyl halides is 3. The summed E-state index contributed by atoms with van der Waals surface area (Å²) in [5.74, 6) is -0.838. The highest BCUT2D eigenvalue weighted by Crippen LogP contribution is 2.27. The highest BCUT2D eigenvalue weighted by molar-refractivity contribution is 6.15. The lowest BCUT2D eigenvalue weighted by Crippen LogP contribution is -2.19. The summed E-state index contributed by atoms with van der Waals surface area (Å²) in [6.07, 6.45) is 4.64. The maximum Gasteiger partial charge on any atom is 0.433 e. The average molecular weight is 389 g/mol. The first-order valence-corrected chi connectivity index (χ1v) is 7.97. The summed E-state index contributed by atoms with van der Waals surface area (Å²) in [7, 11) is 0. The highest BCUT2D eigenvalue weighted by atomic mass is 19.4. The summed E-state index contributed by atoms with van der Waals surface area (Å²) in [5, 5.41) is 4.11. The van der Waals surface area contributed by atoms with E-state index < -0.39 is 17.8 Å². The number of aromatic nitrogens is 2. The van der Waals surface area contributed by atoms with Gasteiger partial charge in [-0.15, -0.1) is 0 Å². The molecule has 7 nitrogen and oxygen atoms in total. The van der Waals surface area contributed by atoms with Crippen LogP contribution in [0.2, 0.25) is 0 Å². The Morgan fingerprint density at radius 3 is 2.68 bits per heavy atom. The Morgan fingerprint density at radius 1 is 1.18 bits per heavy atom. The van der Waals surface area contributed by atoms with E-state index in [2.05, 4.69) is 20.5 Å². The molecule has 1 aliphatic heterocycles. The van der Waals surface area contributed by atoms with E-state index in [0.717, 1.165) is 12.3 Å². The molecule has 3 N–H and O–H groups in total. The number of primary amides is 1. The van der Waals surface area contributed by atoms with Crippen LogP contribution in [0.4, 0.5) is 13.2 Å². The molecule has 1 aliphatic rings. The van der Waals surface area contributed by atoms with Gasteiger partial charge >= 0.3 is 6.18 Å². The molecule has 28 heavy (non-hydrogen) atoms. The third-order valence-electron chi connectivity index (χ3n) is 3.65. The average Bonchev–Trinajstić information content (AvgIpc) is 2.95. The van der Waals surface area contributed by atoms with Crippen molar-refractivity contribution in [2.45, 2.75) is 12.8 Å². The lowest BCUT2D eigenvalue weighted by molar-refractivity contribution is -0.141. The maximum atomic E-state index is 12.6. The Bertz CT molecular complexity index is 966. The van der Waals surface area contributed by atoms with Gasteiger partial charge in [0.1, 0.15) is 17.9 Å². The van der Waals surface area contributed by atoms with Crippen molar-refractivity contribution >= 4 is 11.6 Å². The number of nitrogens with two attached hydrogens (primary N) is 1. The fraction of sp³-hybridized carbons (Fsp3) is 0.111. The first-order chi connectivity index (χ1) is 13.4. The largest absolute Gasteiger partial charge is 0.472 e. The van der Waals surface area contributed by atoms with Crippen molar-refractivity contribution in [2.75, 3.05) is 0 Å². The number of nitrogens with one attached hydrogen (secondary N) is 1. The molecule has 0 saturated carbocycles. The van der Waals surface area contributed by atoms with Crippen LogP contribution in [-0.2, 0) is 12.8 Å². The number of amides is 1. The van der Waals surface area contributed by atoms with Gasteiger partial charge in [-0.1, -0.05) is 12.1 Å². The summed E-state index contributed by atoms with van der Waals surface area (Å²) >= 11 is 0. The summed E-state index contributed by atoms with van der Waals surface area (Å²) < 4.78 is 43.3. The van der Waals surface area contributed by atoms with Crippen molar-refractivity contribution in [3.63, 3.8) is 0 Å². The van der Waals surface area contributed by atoms with E-state index in [9.17, 15) is 18.0 Å². The van der Waals surface area contributed by atoms with Crippen LogP contribution < -0.4 is 15.9 Å². The number of hydrogen-bond acceptors (Lipinski definition) is 6. The molecule has 3 heterocycles. The zero-order valence-corrected chi connectivity index (χ0v) is 14.3. The van der Waals surface area contributed by atoms with E-state index in [1.807, 2.05) is 0 Å². The normalized spacial score (nSPS) is 13.5. The topological polar surface area (TPSA) is 102 Å². The van der Waals surface area contributed by atoms with Crippen LogP contribution in [0.5, 0.6) is 5.88 Å². The molecular weight excluding hydrogens is 375 g/mol. The molecule has 1 amide bonds. The molecule has 0 aliphatic carbocycles. The Hall–Kier alpha value is -3.69. The van der Waals surface area contributed by atoms with E-state index in [1.165, 1.54) is 12.3 Å². The third-order valence-corrected chi connectivity index (χ3v) is 3.65. The minimum Gasteiger partial charge on any atom is -0.472 e. The molecule has 0 unspecified atom stereocenters. The number of rotatable bonds is 5. The van der Waals surface area contributed by atoms with Gasteiger partial charge in [0.15, 0.2) is 0 Å². The van der Waals surface area contributed by atoms with Gasteiger partial charge in [-0.25, -0.2) is 4.98 Å². The summed E-state index contributed by atoms with van der Waals surface area (Å²) in [6, 6.07) is 3.64. The van der Waals surface area contributed by atoms with Crippen molar-refractivity contribution in [3.8, 4) is 5.88 Å². The van der Waals surface area contributed by atoms with Crippen LogP contribution in [0.25, 0.3) is 0 Å². The molecule has 0 saturated heterocycles. The lowest BCUT2D eigenvalue weighted by Gasteiger charge is -2.13. The molecule has 0 atom stereocenters. The second kappa shape index (κ2) is 7.91. The number of carbonyl (C=O) groups is 1. The highest BCUT2D eigenvalue weighted by Gasteiger charge is 2.32. The molecule has 3 rings (SSSR count). The number of hydrazone groups is 1. The number of allylic oxidation sites excluding steroid dienone is 3. The predicted molar refractivity (Wildman–Crippen MR) is 94.3 cm³/mol. The van der Waals surface area contributed by atoms with Gasteiger partial charge in [-0.2, -0.15) is 18.3 Å². The summed E-state index contributed by atoms with van der Waals surface area (Å²) in [5.41, 5.74) is 8.38. The van der Waals surface area contributed by atoms with Crippen molar-refractivity contribution < 1.29 is 22.7 Å². The second-order valence-corrected chi connectivity index (χ2v) is 5.59.